The van der Waals surface area contributed by atoms with E-state index in [1.54, 1.807) is 0 Å². The van der Waals surface area contributed by atoms with Crippen molar-refractivity contribution in [1.82, 2.24) is 0 Å². The van der Waals surface area contributed by atoms with Crippen molar-refractivity contribution in [3.05, 3.63) is 146 Å². The molecule has 0 aliphatic carbocycles. The van der Waals surface area contributed by atoms with E-state index in [0.717, 1.165) is 141 Å². The second-order valence-electron chi connectivity index (χ2n) is 17.3. The van der Waals surface area contributed by atoms with Gasteiger partial charge in [0.2, 0.25) is 0 Å². The monoisotopic (exact) mass is 937 g/mol. The average Bonchev–Trinajstić information content (AvgIpc) is 3.34. The van der Waals surface area contributed by atoms with Crippen LogP contribution in [0.3, 0.4) is 0 Å². The molecule has 0 rings (SSSR count). The molecule has 0 radical (unpaired) electrons. The van der Waals surface area contributed by atoms with Gasteiger partial charge in [-0.25, -0.2) is 0 Å². The smallest absolute Gasteiger partial charge is 0.306 e. The molecule has 5 nitrogen and oxygen atoms in total. The van der Waals surface area contributed by atoms with E-state index in [0.29, 0.717) is 19.4 Å². The Balaban J connectivity index is 4.42. The van der Waals surface area contributed by atoms with Crippen LogP contribution in [0.15, 0.2) is 146 Å². The molecule has 0 bridgehead atoms. The molecule has 0 saturated heterocycles. The standard InChI is InChI=1S/C63H100O5/c1-4-7-10-13-16-19-22-25-28-30-32-34-36-38-41-44-47-50-53-56-62(64)67-60-61(59-66-58-55-52-49-46-43-40-27-24-21-18-15-12-9-6-3)68-63(65)57-54-51-48-45-42-39-37-35-33-31-29-26-23-20-17-14-11-8-5-2/h7-12,16-21,25-29,32-35,40,46,49,61H,4-6,13-15,22-24,30-31,36-39,41-45,47-48,50-60H2,1-3H3/b10-7-,11-8-,12-9-,19-16-,20-17-,21-18-,28-25-,29-26-,34-32-,35-33-,40-27-,49-46-. The number of esters is 2. The van der Waals surface area contributed by atoms with Crippen LogP contribution in [-0.4, -0.2) is 37.9 Å². The van der Waals surface area contributed by atoms with Crippen molar-refractivity contribution in [2.75, 3.05) is 19.8 Å². The number of carbonyl (C=O) groups is 2. The topological polar surface area (TPSA) is 61.8 Å². The van der Waals surface area contributed by atoms with E-state index in [1.807, 2.05) is 0 Å². The highest BCUT2D eigenvalue weighted by Crippen LogP contribution is 2.13. The Kier molecular flexibility index (Phi) is 53.6. The summed E-state index contributed by atoms with van der Waals surface area (Å²) in [6, 6.07) is 0. The van der Waals surface area contributed by atoms with Crippen LogP contribution in [0.25, 0.3) is 0 Å². The minimum absolute atomic E-state index is 0.0397. The fourth-order valence-corrected chi connectivity index (χ4v) is 6.91. The van der Waals surface area contributed by atoms with Crippen LogP contribution in [0.4, 0.5) is 0 Å². The van der Waals surface area contributed by atoms with Crippen LogP contribution in [0.2, 0.25) is 0 Å². The van der Waals surface area contributed by atoms with Gasteiger partial charge in [-0.05, 0) is 128 Å². The van der Waals surface area contributed by atoms with E-state index >= 15 is 0 Å². The normalized spacial score (nSPS) is 13.4. The molecular formula is C63H100O5. The molecule has 382 valence electrons. The zero-order valence-corrected chi connectivity index (χ0v) is 43.8. The van der Waals surface area contributed by atoms with Crippen LogP contribution >= 0.6 is 0 Å². The van der Waals surface area contributed by atoms with E-state index in [-0.39, 0.29) is 25.2 Å². The lowest BCUT2D eigenvalue weighted by Gasteiger charge is -2.18. The lowest BCUT2D eigenvalue weighted by molar-refractivity contribution is -0.163. The quantitative estimate of drug-likeness (QED) is 0.0346. The molecule has 0 aromatic rings. The van der Waals surface area contributed by atoms with Gasteiger partial charge in [-0.15, -0.1) is 0 Å². The first kappa shape index (κ1) is 63.8. The lowest BCUT2D eigenvalue weighted by Crippen LogP contribution is -2.30. The highest BCUT2D eigenvalue weighted by Gasteiger charge is 2.17. The van der Waals surface area contributed by atoms with Crippen LogP contribution < -0.4 is 0 Å². The highest BCUT2D eigenvalue weighted by atomic mass is 16.6. The minimum Gasteiger partial charge on any atom is -0.462 e. The van der Waals surface area contributed by atoms with Crippen LogP contribution in [-0.2, 0) is 23.8 Å². The maximum Gasteiger partial charge on any atom is 0.306 e. The molecule has 1 unspecified atom stereocenters. The third-order valence-electron chi connectivity index (χ3n) is 10.9. The number of rotatable bonds is 48. The Hall–Kier alpha value is -4.22. The van der Waals surface area contributed by atoms with Crippen molar-refractivity contribution >= 4 is 11.9 Å². The van der Waals surface area contributed by atoms with Gasteiger partial charge in [0.1, 0.15) is 6.61 Å². The van der Waals surface area contributed by atoms with Crippen molar-refractivity contribution in [1.29, 1.82) is 0 Å². The second-order valence-corrected chi connectivity index (χ2v) is 17.3. The second kappa shape index (κ2) is 57.1. The van der Waals surface area contributed by atoms with Gasteiger partial charge < -0.3 is 14.2 Å². The average molecular weight is 937 g/mol. The fourth-order valence-electron chi connectivity index (χ4n) is 6.91. The van der Waals surface area contributed by atoms with E-state index in [9.17, 15) is 9.59 Å². The van der Waals surface area contributed by atoms with E-state index in [2.05, 4.69) is 167 Å². The molecule has 0 spiro atoms. The SMILES string of the molecule is CC/C=C\C/C=C\C/C=C\C/C=C\CCCCCCCCC(=O)OCC(COCCC/C=C\C/C=C\C/C=C\C/C=C\CC)OC(=O)CCCCCCCC/C=C\C/C=C\C/C=C\C/C=C\CC. The molecule has 0 heterocycles. The van der Waals surface area contributed by atoms with Crippen molar-refractivity contribution in [3.8, 4) is 0 Å². The molecule has 0 amide bonds. The lowest BCUT2D eigenvalue weighted by atomic mass is 10.1. The Morgan fingerprint density at radius 1 is 0.324 bits per heavy atom. The number of hydrogen-bond donors (Lipinski definition) is 0. The zero-order valence-electron chi connectivity index (χ0n) is 43.8. The fraction of sp³-hybridized carbons (Fsp3) is 0.587. The Morgan fingerprint density at radius 2 is 0.618 bits per heavy atom. The first-order chi connectivity index (χ1) is 33.6. The maximum atomic E-state index is 12.8. The third kappa shape index (κ3) is 54.4. The predicted octanol–water partition coefficient (Wildman–Crippen LogP) is 18.9. The van der Waals surface area contributed by atoms with Crippen LogP contribution in [0, 0.1) is 0 Å². The van der Waals surface area contributed by atoms with Crippen molar-refractivity contribution in [2.24, 2.45) is 0 Å². The highest BCUT2D eigenvalue weighted by molar-refractivity contribution is 5.70. The van der Waals surface area contributed by atoms with Gasteiger partial charge in [0.25, 0.3) is 0 Å². The summed E-state index contributed by atoms with van der Waals surface area (Å²) in [6.07, 6.45) is 83.0. The number of allylic oxidation sites excluding steroid dienone is 24. The first-order valence-corrected chi connectivity index (χ1v) is 27.4. The molecular weight excluding hydrogens is 837 g/mol. The molecule has 1 atom stereocenters. The Bertz CT molecular complexity index is 1480. The summed E-state index contributed by atoms with van der Waals surface area (Å²) >= 11 is 0. The molecule has 0 fully saturated rings. The maximum absolute atomic E-state index is 12.8. The minimum atomic E-state index is -0.590. The van der Waals surface area contributed by atoms with E-state index in [1.165, 1.54) is 38.5 Å². The summed E-state index contributed by atoms with van der Waals surface area (Å²) in [5.74, 6) is -0.470. The molecule has 0 aromatic carbocycles. The van der Waals surface area contributed by atoms with Gasteiger partial charge in [-0.2, -0.15) is 0 Å². The summed E-state index contributed by atoms with van der Waals surface area (Å²) in [5.41, 5.74) is 0. The molecule has 0 N–H and O–H groups in total. The summed E-state index contributed by atoms with van der Waals surface area (Å²) in [7, 11) is 0. The molecule has 0 aromatic heterocycles. The van der Waals surface area contributed by atoms with Crippen molar-refractivity contribution in [2.45, 2.75) is 219 Å². The van der Waals surface area contributed by atoms with Crippen molar-refractivity contribution < 1.29 is 23.8 Å². The third-order valence-corrected chi connectivity index (χ3v) is 10.9. The summed E-state index contributed by atoms with van der Waals surface area (Å²) < 4.78 is 17.4. The number of carbonyl (C=O) groups excluding carboxylic acids is 2. The zero-order chi connectivity index (χ0) is 49.2. The van der Waals surface area contributed by atoms with E-state index in [4.69, 9.17) is 14.2 Å². The van der Waals surface area contributed by atoms with Gasteiger partial charge in [-0.1, -0.05) is 218 Å². The molecule has 5 heteroatoms. The Labute approximate surface area is 419 Å². The summed E-state index contributed by atoms with van der Waals surface area (Å²) in [4.78, 5) is 25.5. The summed E-state index contributed by atoms with van der Waals surface area (Å²) in [6.45, 7) is 7.30. The molecule has 0 aliphatic heterocycles. The predicted molar refractivity (Wildman–Crippen MR) is 297 cm³/mol. The Morgan fingerprint density at radius 3 is 0.985 bits per heavy atom. The first-order valence-electron chi connectivity index (χ1n) is 27.4. The van der Waals surface area contributed by atoms with Gasteiger partial charge >= 0.3 is 11.9 Å². The van der Waals surface area contributed by atoms with Gasteiger partial charge in [0.15, 0.2) is 6.10 Å². The number of hydrogen-bond acceptors (Lipinski definition) is 5. The van der Waals surface area contributed by atoms with Gasteiger partial charge in [0.05, 0.1) is 6.61 Å². The summed E-state index contributed by atoms with van der Waals surface area (Å²) in [5, 5.41) is 0. The molecule has 68 heavy (non-hydrogen) atoms. The van der Waals surface area contributed by atoms with Gasteiger partial charge in [0, 0.05) is 19.4 Å². The molecule has 0 aliphatic rings. The number of unbranched alkanes of at least 4 members (excludes halogenated alkanes) is 13. The van der Waals surface area contributed by atoms with Crippen LogP contribution in [0.5, 0.6) is 0 Å². The van der Waals surface area contributed by atoms with Gasteiger partial charge in [-0.3, -0.25) is 9.59 Å². The molecule has 0 saturated carbocycles. The van der Waals surface area contributed by atoms with Crippen molar-refractivity contribution in [3.63, 3.8) is 0 Å². The van der Waals surface area contributed by atoms with E-state index < -0.39 is 6.10 Å². The van der Waals surface area contributed by atoms with Crippen LogP contribution in [0.1, 0.15) is 213 Å². The number of ether oxygens (including phenoxy) is 3. The largest absolute Gasteiger partial charge is 0.462 e.